The van der Waals surface area contributed by atoms with Crippen LogP contribution in [0, 0.1) is 5.82 Å². The van der Waals surface area contributed by atoms with Gasteiger partial charge in [0.15, 0.2) is 0 Å². The number of amides is 1. The van der Waals surface area contributed by atoms with Gasteiger partial charge in [-0.3, -0.25) is 4.79 Å². The molecule has 1 amide bonds. The van der Waals surface area contributed by atoms with Gasteiger partial charge in [-0.25, -0.2) is 4.39 Å². The number of nitrogens with two attached hydrogens (primary N) is 1. The molecule has 0 fully saturated rings. The molecule has 0 saturated heterocycles. The van der Waals surface area contributed by atoms with E-state index in [0.29, 0.717) is 27.6 Å². The number of hydrogen-bond donors (Lipinski definition) is 2. The van der Waals surface area contributed by atoms with E-state index in [2.05, 4.69) is 5.32 Å². The number of hydrogen-bond acceptors (Lipinski definition) is 3. The maximum atomic E-state index is 13.7. The molecule has 0 unspecified atom stereocenters. The van der Waals surface area contributed by atoms with Crippen molar-refractivity contribution in [1.82, 2.24) is 0 Å². The molecule has 0 radical (unpaired) electrons. The average molecular weight is 309 g/mol. The highest BCUT2D eigenvalue weighted by atomic mass is 35.5. The third kappa shape index (κ3) is 3.64. The first-order chi connectivity index (χ1) is 10.0. The Morgan fingerprint density at radius 3 is 2.76 bits per heavy atom. The summed E-state index contributed by atoms with van der Waals surface area (Å²) in [5, 5.41) is 3.46. The first-order valence-electron chi connectivity index (χ1n) is 6.17. The second-order valence-corrected chi connectivity index (χ2v) is 4.81. The molecule has 0 aliphatic carbocycles. The number of carbonyl (C=O) groups is 1. The number of primary amides is 1. The van der Waals surface area contributed by atoms with Crippen molar-refractivity contribution in [3.05, 3.63) is 58.4 Å². The van der Waals surface area contributed by atoms with Crippen molar-refractivity contribution in [1.29, 1.82) is 0 Å². The van der Waals surface area contributed by atoms with Crippen LogP contribution >= 0.6 is 11.6 Å². The van der Waals surface area contributed by atoms with Gasteiger partial charge in [0.25, 0.3) is 0 Å². The summed E-state index contributed by atoms with van der Waals surface area (Å²) in [6, 6.07) is 9.06. The van der Waals surface area contributed by atoms with Gasteiger partial charge in [0.2, 0.25) is 5.91 Å². The number of carbonyl (C=O) groups excluding carboxylic acids is 1. The molecular formula is C15H14ClFN2O2. The van der Waals surface area contributed by atoms with Crippen LogP contribution in [-0.4, -0.2) is 13.0 Å². The SMILES string of the molecule is COc1ccc(C(N)=O)cc1NCc1cc(Cl)ccc1F. The molecule has 0 bridgehead atoms. The number of benzene rings is 2. The minimum Gasteiger partial charge on any atom is -0.495 e. The van der Waals surface area contributed by atoms with E-state index in [-0.39, 0.29) is 12.4 Å². The molecule has 2 rings (SSSR count). The smallest absolute Gasteiger partial charge is 0.248 e. The van der Waals surface area contributed by atoms with Crippen molar-refractivity contribution >= 4 is 23.2 Å². The third-order valence-electron chi connectivity index (χ3n) is 2.96. The highest BCUT2D eigenvalue weighted by Crippen LogP contribution is 2.26. The van der Waals surface area contributed by atoms with Crippen molar-refractivity contribution in [2.45, 2.75) is 6.54 Å². The number of nitrogens with one attached hydrogen (secondary N) is 1. The van der Waals surface area contributed by atoms with Crippen LogP contribution in [0.4, 0.5) is 10.1 Å². The van der Waals surface area contributed by atoms with E-state index in [9.17, 15) is 9.18 Å². The van der Waals surface area contributed by atoms with Crippen LogP contribution in [0.15, 0.2) is 36.4 Å². The molecule has 0 aliphatic rings. The molecule has 2 aromatic carbocycles. The lowest BCUT2D eigenvalue weighted by Crippen LogP contribution is -2.12. The number of methoxy groups -OCH3 is 1. The molecule has 0 aromatic heterocycles. The summed E-state index contributed by atoms with van der Waals surface area (Å²) >= 11 is 5.84. The molecule has 0 spiro atoms. The first-order valence-corrected chi connectivity index (χ1v) is 6.54. The van der Waals surface area contributed by atoms with Crippen molar-refractivity contribution in [3.8, 4) is 5.75 Å². The molecule has 6 heteroatoms. The van der Waals surface area contributed by atoms with E-state index in [0.717, 1.165) is 0 Å². The monoisotopic (exact) mass is 308 g/mol. The summed E-state index contributed by atoms with van der Waals surface area (Å²) in [5.74, 6) is -0.381. The normalized spacial score (nSPS) is 10.2. The van der Waals surface area contributed by atoms with Crippen molar-refractivity contribution < 1.29 is 13.9 Å². The van der Waals surface area contributed by atoms with Crippen LogP contribution in [-0.2, 0) is 6.54 Å². The topological polar surface area (TPSA) is 64.3 Å². The minimum absolute atomic E-state index is 0.199. The summed E-state index contributed by atoms with van der Waals surface area (Å²) < 4.78 is 18.8. The zero-order valence-corrected chi connectivity index (χ0v) is 12.1. The van der Waals surface area contributed by atoms with Crippen molar-refractivity contribution in [2.75, 3.05) is 12.4 Å². The summed E-state index contributed by atoms with van der Waals surface area (Å²) in [5.41, 5.74) is 6.54. The van der Waals surface area contributed by atoms with Gasteiger partial charge in [-0.2, -0.15) is 0 Å². The Labute approximate surface area is 126 Å². The van der Waals surface area contributed by atoms with Gasteiger partial charge < -0.3 is 15.8 Å². The quantitative estimate of drug-likeness (QED) is 0.891. The lowest BCUT2D eigenvalue weighted by molar-refractivity contribution is 0.100. The molecule has 4 nitrogen and oxygen atoms in total. The van der Waals surface area contributed by atoms with E-state index in [1.54, 1.807) is 18.2 Å². The van der Waals surface area contributed by atoms with E-state index in [1.807, 2.05) is 0 Å². The molecule has 0 saturated carbocycles. The zero-order valence-electron chi connectivity index (χ0n) is 11.3. The number of ether oxygens (including phenoxy) is 1. The highest BCUT2D eigenvalue weighted by molar-refractivity contribution is 6.30. The highest BCUT2D eigenvalue weighted by Gasteiger charge is 2.09. The largest absolute Gasteiger partial charge is 0.495 e. The Morgan fingerprint density at radius 1 is 1.33 bits per heavy atom. The molecule has 2 aromatic rings. The van der Waals surface area contributed by atoms with Gasteiger partial charge in [0.1, 0.15) is 11.6 Å². The third-order valence-corrected chi connectivity index (χ3v) is 3.20. The Hall–Kier alpha value is -2.27. The predicted octanol–water partition coefficient (Wildman–Crippen LogP) is 3.20. The number of halogens is 2. The molecule has 0 heterocycles. The van der Waals surface area contributed by atoms with Crippen LogP contribution < -0.4 is 15.8 Å². The zero-order chi connectivity index (χ0) is 15.4. The predicted molar refractivity (Wildman–Crippen MR) is 80.2 cm³/mol. The molecule has 3 N–H and O–H groups in total. The van der Waals surface area contributed by atoms with E-state index >= 15 is 0 Å². The fourth-order valence-electron chi connectivity index (χ4n) is 1.87. The molecule has 21 heavy (non-hydrogen) atoms. The Balaban J connectivity index is 2.24. The van der Waals surface area contributed by atoms with Crippen LogP contribution in [0.25, 0.3) is 0 Å². The minimum atomic E-state index is -0.547. The molecule has 0 aliphatic heterocycles. The molecule has 110 valence electrons. The Kier molecular flexibility index (Phi) is 4.65. The van der Waals surface area contributed by atoms with Gasteiger partial charge in [0, 0.05) is 22.7 Å². The van der Waals surface area contributed by atoms with Crippen molar-refractivity contribution in [2.24, 2.45) is 5.73 Å². The maximum absolute atomic E-state index is 13.7. The Bertz CT molecular complexity index is 677. The molecular weight excluding hydrogens is 295 g/mol. The van der Waals surface area contributed by atoms with Crippen LogP contribution in [0.5, 0.6) is 5.75 Å². The standard InChI is InChI=1S/C15H14ClFN2O2/c1-21-14-5-2-9(15(18)20)7-13(14)19-8-10-6-11(16)3-4-12(10)17/h2-7,19H,8H2,1H3,(H2,18,20). The summed E-state index contributed by atoms with van der Waals surface area (Å²) in [4.78, 5) is 11.2. The fraction of sp³-hybridized carbons (Fsp3) is 0.133. The van der Waals surface area contributed by atoms with Crippen molar-refractivity contribution in [3.63, 3.8) is 0 Å². The maximum Gasteiger partial charge on any atom is 0.248 e. The van der Waals surface area contributed by atoms with Gasteiger partial charge in [-0.15, -0.1) is 0 Å². The van der Waals surface area contributed by atoms with Crippen LogP contribution in [0.3, 0.4) is 0 Å². The van der Waals surface area contributed by atoms with Gasteiger partial charge in [-0.1, -0.05) is 11.6 Å². The van der Waals surface area contributed by atoms with E-state index in [4.69, 9.17) is 22.1 Å². The number of rotatable bonds is 5. The van der Waals surface area contributed by atoms with Gasteiger partial charge >= 0.3 is 0 Å². The lowest BCUT2D eigenvalue weighted by Gasteiger charge is -2.13. The average Bonchev–Trinajstić information content (AvgIpc) is 2.47. The van der Waals surface area contributed by atoms with Crippen LogP contribution in [0.1, 0.15) is 15.9 Å². The van der Waals surface area contributed by atoms with E-state index < -0.39 is 5.91 Å². The van der Waals surface area contributed by atoms with Crippen LogP contribution in [0.2, 0.25) is 5.02 Å². The summed E-state index contributed by atoms with van der Waals surface area (Å²) in [6.07, 6.45) is 0. The Morgan fingerprint density at radius 2 is 2.10 bits per heavy atom. The van der Waals surface area contributed by atoms with Gasteiger partial charge in [-0.05, 0) is 36.4 Å². The summed E-state index contributed by atoms with van der Waals surface area (Å²) in [7, 11) is 1.50. The number of anilines is 1. The fourth-order valence-corrected chi connectivity index (χ4v) is 2.06. The lowest BCUT2D eigenvalue weighted by atomic mass is 10.1. The van der Waals surface area contributed by atoms with Gasteiger partial charge in [0.05, 0.1) is 12.8 Å². The second-order valence-electron chi connectivity index (χ2n) is 4.37. The summed E-state index contributed by atoms with van der Waals surface area (Å²) in [6.45, 7) is 0.199. The van der Waals surface area contributed by atoms with E-state index in [1.165, 1.54) is 25.3 Å². The second kappa shape index (κ2) is 6.45. The molecule has 0 atom stereocenters. The first kappa shape index (κ1) is 15.1.